The Labute approximate surface area is 119 Å². The molecule has 0 unspecified atom stereocenters. The number of aliphatic carboxylic acids is 1. The first-order valence-corrected chi connectivity index (χ1v) is 7.12. The summed E-state index contributed by atoms with van der Waals surface area (Å²) in [7, 11) is 0. The number of rotatable bonds is 5. The van der Waals surface area contributed by atoms with E-state index in [1.54, 1.807) is 4.90 Å². The molecule has 1 aromatic rings. The van der Waals surface area contributed by atoms with Crippen LogP contribution in [0.3, 0.4) is 0 Å². The molecule has 1 aliphatic heterocycles. The highest BCUT2D eigenvalue weighted by Gasteiger charge is 2.30. The van der Waals surface area contributed by atoms with Crippen LogP contribution in [0, 0.1) is 12.8 Å². The second kappa shape index (κ2) is 6.55. The summed E-state index contributed by atoms with van der Waals surface area (Å²) in [6.07, 6.45) is 2.79. The lowest BCUT2D eigenvalue weighted by molar-refractivity contribution is -0.141. The molecule has 0 aliphatic carbocycles. The molecule has 4 nitrogen and oxygen atoms in total. The van der Waals surface area contributed by atoms with Crippen molar-refractivity contribution in [2.75, 3.05) is 13.1 Å². The predicted octanol–water partition coefficient (Wildman–Crippen LogP) is 2.25. The van der Waals surface area contributed by atoms with Gasteiger partial charge in [-0.3, -0.25) is 9.59 Å². The third-order valence-corrected chi connectivity index (χ3v) is 3.87. The number of benzene rings is 1. The first kappa shape index (κ1) is 14.6. The number of likely N-dealkylation sites (tertiary alicyclic amines) is 1. The van der Waals surface area contributed by atoms with Crippen LogP contribution >= 0.6 is 0 Å². The van der Waals surface area contributed by atoms with Gasteiger partial charge in [0, 0.05) is 19.5 Å². The summed E-state index contributed by atoms with van der Waals surface area (Å²) in [4.78, 5) is 24.5. The van der Waals surface area contributed by atoms with Crippen LogP contribution in [0.5, 0.6) is 0 Å². The normalized spacial score (nSPS) is 18.2. The van der Waals surface area contributed by atoms with Crippen LogP contribution in [0.1, 0.15) is 30.4 Å². The Hall–Kier alpha value is -1.84. The van der Waals surface area contributed by atoms with Crippen LogP contribution in [-0.4, -0.2) is 35.0 Å². The van der Waals surface area contributed by atoms with Gasteiger partial charge in [-0.25, -0.2) is 0 Å². The van der Waals surface area contributed by atoms with Gasteiger partial charge in [-0.15, -0.1) is 0 Å². The smallest absolute Gasteiger partial charge is 0.308 e. The maximum absolute atomic E-state index is 12.0. The number of aryl methyl sites for hydroxylation is 2. The lowest BCUT2D eigenvalue weighted by Gasteiger charge is -2.15. The quantitative estimate of drug-likeness (QED) is 0.896. The average Bonchev–Trinajstić information content (AvgIpc) is 2.91. The Kier molecular flexibility index (Phi) is 4.77. The highest BCUT2D eigenvalue weighted by Crippen LogP contribution is 2.18. The van der Waals surface area contributed by atoms with Crippen LogP contribution in [0.15, 0.2) is 24.3 Å². The van der Waals surface area contributed by atoms with Gasteiger partial charge in [0.15, 0.2) is 0 Å². The molecule has 1 heterocycles. The lowest BCUT2D eigenvalue weighted by atomic mass is 10.1. The molecule has 1 amide bonds. The van der Waals surface area contributed by atoms with Crippen LogP contribution in [0.25, 0.3) is 0 Å². The Balaban J connectivity index is 1.73. The van der Waals surface area contributed by atoms with E-state index in [0.717, 1.165) is 12.8 Å². The van der Waals surface area contributed by atoms with Crippen LogP contribution in [0.4, 0.5) is 0 Å². The van der Waals surface area contributed by atoms with Crippen molar-refractivity contribution in [1.29, 1.82) is 0 Å². The fourth-order valence-electron chi connectivity index (χ4n) is 2.54. The molecule has 0 saturated carbocycles. The van der Waals surface area contributed by atoms with Gasteiger partial charge in [0.1, 0.15) is 0 Å². The topological polar surface area (TPSA) is 57.6 Å². The average molecular weight is 275 g/mol. The van der Waals surface area contributed by atoms with Crippen LogP contribution in [-0.2, 0) is 16.0 Å². The molecule has 0 spiro atoms. The van der Waals surface area contributed by atoms with Crippen LogP contribution < -0.4 is 0 Å². The van der Waals surface area contributed by atoms with Gasteiger partial charge in [-0.1, -0.05) is 29.8 Å². The van der Waals surface area contributed by atoms with E-state index in [4.69, 9.17) is 5.11 Å². The molecule has 1 saturated heterocycles. The van der Waals surface area contributed by atoms with Crippen molar-refractivity contribution < 1.29 is 14.7 Å². The maximum atomic E-state index is 12.0. The molecule has 20 heavy (non-hydrogen) atoms. The summed E-state index contributed by atoms with van der Waals surface area (Å²) < 4.78 is 0. The number of carbonyl (C=O) groups excluding carboxylic acids is 1. The molecular weight excluding hydrogens is 254 g/mol. The van der Waals surface area contributed by atoms with Gasteiger partial charge >= 0.3 is 5.97 Å². The minimum atomic E-state index is -0.792. The summed E-state index contributed by atoms with van der Waals surface area (Å²) in [5.41, 5.74) is 2.48. The van der Waals surface area contributed by atoms with E-state index >= 15 is 0 Å². The summed E-state index contributed by atoms with van der Waals surface area (Å²) in [6, 6.07) is 8.34. The van der Waals surface area contributed by atoms with Gasteiger partial charge < -0.3 is 10.0 Å². The molecule has 108 valence electrons. The predicted molar refractivity (Wildman–Crippen MR) is 76.4 cm³/mol. The third-order valence-electron chi connectivity index (χ3n) is 3.87. The number of nitrogens with zero attached hydrogens (tertiary/aromatic N) is 1. The maximum Gasteiger partial charge on any atom is 0.308 e. The van der Waals surface area contributed by atoms with Gasteiger partial charge in [-0.05, 0) is 31.7 Å². The lowest BCUT2D eigenvalue weighted by Crippen LogP contribution is -2.29. The monoisotopic (exact) mass is 275 g/mol. The van der Waals surface area contributed by atoms with Gasteiger partial charge in [0.2, 0.25) is 5.91 Å². The molecule has 0 radical (unpaired) electrons. The van der Waals surface area contributed by atoms with Crippen molar-refractivity contribution in [3.63, 3.8) is 0 Å². The standard InChI is InChI=1S/C16H21NO3/c1-12-5-7-13(8-6-12)3-2-4-15(18)17-10-9-14(11-17)16(19)20/h5-8,14H,2-4,9-11H2,1H3,(H,19,20)/t14-/m0/s1. The van der Waals surface area contributed by atoms with E-state index < -0.39 is 5.97 Å². The van der Waals surface area contributed by atoms with Gasteiger partial charge in [0.05, 0.1) is 5.92 Å². The Morgan fingerprint density at radius 2 is 2.00 bits per heavy atom. The molecule has 0 aromatic heterocycles. The first-order valence-electron chi connectivity index (χ1n) is 7.12. The number of hydrogen-bond acceptors (Lipinski definition) is 2. The molecule has 1 aromatic carbocycles. The van der Waals surface area contributed by atoms with Crippen molar-refractivity contribution in [3.8, 4) is 0 Å². The SMILES string of the molecule is Cc1ccc(CCCC(=O)N2CC[C@H](C(=O)O)C2)cc1. The van der Waals surface area contributed by atoms with Crippen molar-refractivity contribution in [1.82, 2.24) is 4.90 Å². The Morgan fingerprint density at radius 3 is 2.60 bits per heavy atom. The Bertz CT molecular complexity index is 481. The molecule has 2 rings (SSSR count). The molecule has 1 aliphatic rings. The largest absolute Gasteiger partial charge is 0.481 e. The molecule has 1 N–H and O–H groups in total. The molecule has 0 bridgehead atoms. The zero-order valence-corrected chi connectivity index (χ0v) is 11.8. The second-order valence-electron chi connectivity index (χ2n) is 5.50. The zero-order chi connectivity index (χ0) is 14.5. The van der Waals surface area contributed by atoms with Crippen LogP contribution in [0.2, 0.25) is 0 Å². The number of amides is 1. The highest BCUT2D eigenvalue weighted by atomic mass is 16.4. The van der Waals surface area contributed by atoms with E-state index in [0.29, 0.717) is 25.9 Å². The van der Waals surface area contributed by atoms with Crippen molar-refractivity contribution in [2.24, 2.45) is 5.92 Å². The number of carboxylic acids is 1. The van der Waals surface area contributed by atoms with E-state index in [1.165, 1.54) is 11.1 Å². The van der Waals surface area contributed by atoms with E-state index in [9.17, 15) is 9.59 Å². The molecule has 1 atom stereocenters. The van der Waals surface area contributed by atoms with Gasteiger partial charge in [-0.2, -0.15) is 0 Å². The minimum absolute atomic E-state index is 0.0841. The number of hydrogen-bond donors (Lipinski definition) is 1. The fraction of sp³-hybridized carbons (Fsp3) is 0.500. The Morgan fingerprint density at radius 1 is 1.30 bits per heavy atom. The van der Waals surface area contributed by atoms with Crippen molar-refractivity contribution in [3.05, 3.63) is 35.4 Å². The minimum Gasteiger partial charge on any atom is -0.481 e. The van der Waals surface area contributed by atoms with E-state index in [1.807, 2.05) is 0 Å². The summed E-state index contributed by atoms with van der Waals surface area (Å²) in [5, 5.41) is 8.92. The second-order valence-corrected chi connectivity index (χ2v) is 5.50. The molecule has 1 fully saturated rings. The summed E-state index contributed by atoms with van der Waals surface area (Å²) in [5.74, 6) is -1.09. The molecule has 4 heteroatoms. The van der Waals surface area contributed by atoms with E-state index in [2.05, 4.69) is 31.2 Å². The first-order chi connectivity index (χ1) is 9.56. The number of carboxylic acid groups (broad SMARTS) is 1. The zero-order valence-electron chi connectivity index (χ0n) is 11.8. The summed E-state index contributed by atoms with van der Waals surface area (Å²) >= 11 is 0. The summed E-state index contributed by atoms with van der Waals surface area (Å²) in [6.45, 7) is 3.01. The van der Waals surface area contributed by atoms with Crippen molar-refractivity contribution in [2.45, 2.75) is 32.6 Å². The third kappa shape index (κ3) is 3.83. The highest BCUT2D eigenvalue weighted by molar-refractivity contribution is 5.78. The number of carbonyl (C=O) groups is 2. The fourth-order valence-corrected chi connectivity index (χ4v) is 2.54. The van der Waals surface area contributed by atoms with Crippen molar-refractivity contribution >= 4 is 11.9 Å². The van der Waals surface area contributed by atoms with Gasteiger partial charge in [0.25, 0.3) is 0 Å². The molecular formula is C16H21NO3. The van der Waals surface area contributed by atoms with E-state index in [-0.39, 0.29) is 11.8 Å².